The number of alkyl halides is 1. The standard InChI is InChI=1S/C22H30BrNO9/c1-10(17-14(28)7-22(5,6)8-15(17)29)24-18-20(32-13(4)27)19(31-12(3)26)16(33-21(18)23)9-30-11(2)25/h16-21H,7-9H2,1-6H3/t16-,18-,19-,20-,21-/m1/s1. The molecule has 0 radical (unpaired) electrons. The van der Waals surface area contributed by atoms with E-state index >= 15 is 0 Å². The third-order valence-corrected chi connectivity index (χ3v) is 6.13. The fraction of sp³-hybridized carbons (Fsp3) is 0.727. The van der Waals surface area contributed by atoms with Gasteiger partial charge in [0.15, 0.2) is 12.2 Å². The average molecular weight is 532 g/mol. The van der Waals surface area contributed by atoms with Gasteiger partial charge in [-0.25, -0.2) is 0 Å². The molecule has 1 saturated carbocycles. The lowest BCUT2D eigenvalue weighted by molar-refractivity contribution is -0.207. The summed E-state index contributed by atoms with van der Waals surface area (Å²) >= 11 is 3.36. The summed E-state index contributed by atoms with van der Waals surface area (Å²) in [5, 5.41) is -0.852. The molecule has 1 saturated heterocycles. The van der Waals surface area contributed by atoms with Crippen molar-refractivity contribution in [3.05, 3.63) is 0 Å². The Bertz CT molecular complexity index is 833. The topological polar surface area (TPSA) is 135 Å². The summed E-state index contributed by atoms with van der Waals surface area (Å²) in [5.41, 5.74) is -0.155. The molecule has 1 aliphatic carbocycles. The first kappa shape index (κ1) is 27.1. The van der Waals surface area contributed by atoms with Gasteiger partial charge < -0.3 is 18.9 Å². The van der Waals surface area contributed by atoms with Gasteiger partial charge in [0.25, 0.3) is 0 Å². The van der Waals surface area contributed by atoms with Crippen LogP contribution in [0, 0.1) is 11.3 Å². The molecule has 0 amide bonds. The molecule has 0 spiro atoms. The largest absolute Gasteiger partial charge is 0.463 e. The van der Waals surface area contributed by atoms with Gasteiger partial charge in [-0.2, -0.15) is 0 Å². The SMILES string of the molecule is CC(=O)OC[C@H]1O[C@@H](Br)[C@H](N=C(C)C2C(=O)CC(C)(C)CC2=O)[C@@H](OC(C)=O)[C@@H]1OC(C)=O. The fourth-order valence-electron chi connectivity index (χ4n) is 4.17. The van der Waals surface area contributed by atoms with Crippen molar-refractivity contribution in [3.8, 4) is 0 Å². The number of hydrogen-bond donors (Lipinski definition) is 0. The fourth-order valence-corrected chi connectivity index (χ4v) is 4.87. The summed E-state index contributed by atoms with van der Waals surface area (Å²) in [6, 6.07) is -0.942. The van der Waals surface area contributed by atoms with Crippen LogP contribution in [0.1, 0.15) is 54.4 Å². The van der Waals surface area contributed by atoms with E-state index in [4.69, 9.17) is 18.9 Å². The van der Waals surface area contributed by atoms with E-state index in [1.54, 1.807) is 6.92 Å². The summed E-state index contributed by atoms with van der Waals surface area (Å²) in [6.07, 6.45) is -2.73. The van der Waals surface area contributed by atoms with Crippen LogP contribution in [-0.4, -0.2) is 71.2 Å². The predicted molar refractivity (Wildman–Crippen MR) is 119 cm³/mol. The highest BCUT2D eigenvalue weighted by atomic mass is 79.9. The highest BCUT2D eigenvalue weighted by Gasteiger charge is 2.50. The van der Waals surface area contributed by atoms with Crippen LogP contribution in [-0.2, 0) is 42.9 Å². The minimum atomic E-state index is -1.14. The molecular weight excluding hydrogens is 502 g/mol. The van der Waals surface area contributed by atoms with Crippen LogP contribution < -0.4 is 0 Å². The number of carbonyl (C=O) groups is 5. The Morgan fingerprint density at radius 2 is 1.48 bits per heavy atom. The molecule has 10 nitrogen and oxygen atoms in total. The van der Waals surface area contributed by atoms with Crippen LogP contribution in [0.2, 0.25) is 0 Å². The minimum absolute atomic E-state index is 0.228. The first-order chi connectivity index (χ1) is 15.2. The number of Topliss-reactive ketones (excluding diaryl/α,β-unsaturated/α-hetero) is 2. The molecular formula is C22H30BrNO9. The van der Waals surface area contributed by atoms with Crippen molar-refractivity contribution in [1.29, 1.82) is 0 Å². The van der Waals surface area contributed by atoms with Crippen molar-refractivity contribution in [3.63, 3.8) is 0 Å². The van der Waals surface area contributed by atoms with E-state index in [-0.39, 0.29) is 36.7 Å². The lowest BCUT2D eigenvalue weighted by atomic mass is 9.70. The summed E-state index contributed by atoms with van der Waals surface area (Å²) in [4.78, 5) is 64.9. The highest BCUT2D eigenvalue weighted by Crippen LogP contribution is 2.36. The number of hydrogen-bond acceptors (Lipinski definition) is 10. The number of halogens is 1. The second-order valence-corrected chi connectivity index (χ2v) is 10.0. The second kappa shape index (κ2) is 10.9. The quantitative estimate of drug-likeness (QED) is 0.165. The third-order valence-electron chi connectivity index (χ3n) is 5.38. The van der Waals surface area contributed by atoms with Gasteiger partial charge >= 0.3 is 17.9 Å². The number of ketones is 2. The van der Waals surface area contributed by atoms with Crippen molar-refractivity contribution in [1.82, 2.24) is 0 Å². The van der Waals surface area contributed by atoms with Gasteiger partial charge in [-0.3, -0.25) is 29.0 Å². The van der Waals surface area contributed by atoms with Crippen molar-refractivity contribution < 1.29 is 42.9 Å². The van der Waals surface area contributed by atoms with Crippen LogP contribution in [0.25, 0.3) is 0 Å². The Hall–Kier alpha value is -2.14. The molecule has 0 aromatic rings. The van der Waals surface area contributed by atoms with Gasteiger partial charge in [0, 0.05) is 39.3 Å². The Morgan fingerprint density at radius 3 is 1.97 bits per heavy atom. The summed E-state index contributed by atoms with van der Waals surface area (Å²) in [5.74, 6) is -3.34. The summed E-state index contributed by atoms with van der Waals surface area (Å²) < 4.78 is 21.7. The van der Waals surface area contributed by atoms with Gasteiger partial charge in [-0.1, -0.05) is 29.8 Å². The molecule has 1 aliphatic heterocycles. The van der Waals surface area contributed by atoms with Gasteiger partial charge in [-0.15, -0.1) is 0 Å². The Kier molecular flexibility index (Phi) is 8.92. The summed E-state index contributed by atoms with van der Waals surface area (Å²) in [7, 11) is 0. The van der Waals surface area contributed by atoms with E-state index in [9.17, 15) is 24.0 Å². The van der Waals surface area contributed by atoms with Crippen LogP contribution in [0.3, 0.4) is 0 Å². The van der Waals surface area contributed by atoms with E-state index in [0.29, 0.717) is 0 Å². The number of nitrogens with zero attached hydrogens (tertiary/aromatic N) is 1. The van der Waals surface area contributed by atoms with Gasteiger partial charge in [0.05, 0.1) is 0 Å². The van der Waals surface area contributed by atoms with Crippen molar-refractivity contribution in [2.75, 3.05) is 6.61 Å². The van der Waals surface area contributed by atoms with Crippen LogP contribution in [0.15, 0.2) is 4.99 Å². The van der Waals surface area contributed by atoms with Crippen molar-refractivity contribution in [2.24, 2.45) is 16.3 Å². The minimum Gasteiger partial charge on any atom is -0.463 e. The number of ether oxygens (including phenoxy) is 4. The van der Waals surface area contributed by atoms with Crippen LogP contribution in [0.4, 0.5) is 0 Å². The maximum absolute atomic E-state index is 12.7. The zero-order valence-electron chi connectivity index (χ0n) is 19.6. The molecule has 1 heterocycles. The molecule has 5 atom stereocenters. The Labute approximate surface area is 200 Å². The number of esters is 3. The van der Waals surface area contributed by atoms with E-state index in [1.807, 2.05) is 13.8 Å². The maximum Gasteiger partial charge on any atom is 0.303 e. The zero-order valence-corrected chi connectivity index (χ0v) is 21.2. The van der Waals surface area contributed by atoms with E-state index < -0.39 is 58.6 Å². The first-order valence-corrected chi connectivity index (χ1v) is 11.5. The molecule has 33 heavy (non-hydrogen) atoms. The Balaban J connectivity index is 2.41. The highest BCUT2D eigenvalue weighted by molar-refractivity contribution is 9.09. The molecule has 0 N–H and O–H groups in total. The molecule has 0 bridgehead atoms. The first-order valence-electron chi connectivity index (χ1n) is 10.6. The van der Waals surface area contributed by atoms with E-state index in [0.717, 1.165) is 0 Å². The van der Waals surface area contributed by atoms with E-state index in [1.165, 1.54) is 20.8 Å². The summed E-state index contributed by atoms with van der Waals surface area (Å²) in [6.45, 7) is 8.62. The molecule has 0 unspecified atom stereocenters. The third kappa shape index (κ3) is 7.17. The molecule has 2 rings (SSSR count). The second-order valence-electron chi connectivity index (χ2n) is 9.12. The molecule has 2 fully saturated rings. The van der Waals surface area contributed by atoms with Gasteiger partial charge in [-0.05, 0) is 12.3 Å². The normalized spacial score (nSPS) is 30.5. The monoisotopic (exact) mass is 531 g/mol. The zero-order chi connectivity index (χ0) is 25.1. The smallest absolute Gasteiger partial charge is 0.303 e. The lowest BCUT2D eigenvalue weighted by Gasteiger charge is -2.42. The van der Waals surface area contributed by atoms with Crippen molar-refractivity contribution in [2.45, 2.75) is 83.8 Å². The van der Waals surface area contributed by atoms with Crippen LogP contribution in [0.5, 0.6) is 0 Å². The van der Waals surface area contributed by atoms with Gasteiger partial charge in [0.1, 0.15) is 41.3 Å². The average Bonchev–Trinajstić information content (AvgIpc) is 2.62. The molecule has 11 heteroatoms. The predicted octanol–water partition coefficient (Wildman–Crippen LogP) is 1.94. The number of aliphatic imine (C=N–C) groups is 1. The number of rotatable bonds is 6. The molecule has 0 aromatic heterocycles. The molecule has 2 aliphatic rings. The van der Waals surface area contributed by atoms with Crippen molar-refractivity contribution >= 4 is 51.1 Å². The maximum atomic E-state index is 12.7. The molecule has 184 valence electrons. The molecule has 0 aromatic carbocycles. The Morgan fingerprint density at radius 1 is 0.970 bits per heavy atom. The van der Waals surface area contributed by atoms with Crippen LogP contribution >= 0.6 is 15.9 Å². The van der Waals surface area contributed by atoms with Gasteiger partial charge in [0.2, 0.25) is 0 Å². The lowest BCUT2D eigenvalue weighted by Crippen LogP contribution is -2.59. The van der Waals surface area contributed by atoms with E-state index in [2.05, 4.69) is 20.9 Å². The number of carbonyl (C=O) groups excluding carboxylic acids is 5.